The lowest BCUT2D eigenvalue weighted by atomic mass is 9.85. The Balaban J connectivity index is 2.10. The van der Waals surface area contributed by atoms with Crippen LogP contribution in [0.25, 0.3) is 5.65 Å². The summed E-state index contributed by atoms with van der Waals surface area (Å²) in [4.78, 5) is 4.13. The summed E-state index contributed by atoms with van der Waals surface area (Å²) < 4.78 is 29.0. The van der Waals surface area contributed by atoms with E-state index >= 15 is 0 Å². The van der Waals surface area contributed by atoms with Crippen molar-refractivity contribution in [2.75, 3.05) is 13.1 Å². The van der Waals surface area contributed by atoms with Crippen LogP contribution in [0.2, 0.25) is 5.15 Å². The van der Waals surface area contributed by atoms with Crippen LogP contribution < -0.4 is 0 Å². The summed E-state index contributed by atoms with van der Waals surface area (Å²) >= 11 is 6.10. The van der Waals surface area contributed by atoms with E-state index in [1.165, 1.54) is 4.31 Å². The van der Waals surface area contributed by atoms with Gasteiger partial charge in [-0.05, 0) is 30.4 Å². The van der Waals surface area contributed by atoms with E-state index in [2.05, 4.69) is 18.8 Å². The van der Waals surface area contributed by atoms with E-state index in [-0.39, 0.29) is 15.6 Å². The van der Waals surface area contributed by atoms with Gasteiger partial charge >= 0.3 is 0 Å². The SMILES string of the molecule is CC1(C)CCCN(S(=O)(=O)c2c(Cl)nc3ccccn23)C1. The van der Waals surface area contributed by atoms with E-state index in [4.69, 9.17) is 11.6 Å². The van der Waals surface area contributed by atoms with Crippen molar-refractivity contribution in [3.63, 3.8) is 0 Å². The lowest BCUT2D eigenvalue weighted by molar-refractivity contribution is 0.186. The minimum absolute atomic E-state index is 0.0156. The first kappa shape index (κ1) is 14.8. The third-order valence-corrected chi connectivity index (χ3v) is 6.14. The molecule has 1 aliphatic heterocycles. The summed E-state index contributed by atoms with van der Waals surface area (Å²) in [6.07, 6.45) is 3.57. The molecule has 0 amide bonds. The van der Waals surface area contributed by atoms with Crippen molar-refractivity contribution in [3.8, 4) is 0 Å². The van der Waals surface area contributed by atoms with Gasteiger partial charge in [-0.25, -0.2) is 13.4 Å². The Hall–Kier alpha value is -1.11. The number of aromatic nitrogens is 2. The van der Waals surface area contributed by atoms with Gasteiger partial charge in [0.25, 0.3) is 10.0 Å². The van der Waals surface area contributed by atoms with Gasteiger partial charge in [0, 0.05) is 19.3 Å². The van der Waals surface area contributed by atoms with E-state index in [1.54, 1.807) is 28.8 Å². The first-order valence-corrected chi connectivity index (χ1v) is 8.76. The fourth-order valence-corrected chi connectivity index (χ4v) is 5.14. The maximum Gasteiger partial charge on any atom is 0.262 e. The second-order valence-electron chi connectivity index (χ2n) is 6.24. The van der Waals surface area contributed by atoms with Crippen molar-refractivity contribution < 1.29 is 8.42 Å². The molecular weight excluding hydrogens is 310 g/mol. The third-order valence-electron chi connectivity index (χ3n) is 3.90. The molecule has 3 heterocycles. The Morgan fingerprint density at radius 1 is 1.33 bits per heavy atom. The van der Waals surface area contributed by atoms with E-state index in [1.807, 2.05) is 0 Å². The van der Waals surface area contributed by atoms with Gasteiger partial charge < -0.3 is 0 Å². The molecule has 114 valence electrons. The van der Waals surface area contributed by atoms with Crippen LogP contribution in [-0.4, -0.2) is 35.2 Å². The van der Waals surface area contributed by atoms with Gasteiger partial charge in [-0.1, -0.05) is 31.5 Å². The number of rotatable bonds is 2. The molecule has 0 unspecified atom stereocenters. The van der Waals surface area contributed by atoms with Gasteiger partial charge in [0.1, 0.15) is 5.65 Å². The fourth-order valence-electron chi connectivity index (χ4n) is 2.87. The van der Waals surface area contributed by atoms with Crippen molar-refractivity contribution in [1.29, 1.82) is 0 Å². The van der Waals surface area contributed by atoms with Gasteiger partial charge in [0.2, 0.25) is 0 Å². The minimum atomic E-state index is -3.65. The van der Waals surface area contributed by atoms with Crippen LogP contribution in [0.5, 0.6) is 0 Å². The van der Waals surface area contributed by atoms with Gasteiger partial charge in [-0.15, -0.1) is 0 Å². The molecule has 1 saturated heterocycles. The largest absolute Gasteiger partial charge is 0.288 e. The Morgan fingerprint density at radius 3 is 2.81 bits per heavy atom. The molecule has 0 bridgehead atoms. The predicted octanol–water partition coefficient (Wildman–Crippen LogP) is 2.80. The quantitative estimate of drug-likeness (QED) is 0.852. The Bertz CT molecular complexity index is 783. The van der Waals surface area contributed by atoms with Crippen molar-refractivity contribution in [1.82, 2.24) is 13.7 Å². The first-order valence-electron chi connectivity index (χ1n) is 6.94. The van der Waals surface area contributed by atoms with Crippen LogP contribution in [-0.2, 0) is 10.0 Å². The summed E-state index contributed by atoms with van der Waals surface area (Å²) in [5.41, 5.74) is 0.524. The lowest BCUT2D eigenvalue weighted by Crippen LogP contribution is -2.43. The molecule has 0 atom stereocenters. The molecule has 7 heteroatoms. The highest BCUT2D eigenvalue weighted by atomic mass is 35.5. The molecule has 0 N–H and O–H groups in total. The Morgan fingerprint density at radius 2 is 2.10 bits per heavy atom. The van der Waals surface area contributed by atoms with E-state index in [0.717, 1.165) is 12.8 Å². The summed E-state index contributed by atoms with van der Waals surface area (Å²) in [6, 6.07) is 5.31. The highest BCUT2D eigenvalue weighted by molar-refractivity contribution is 7.89. The molecule has 0 aliphatic carbocycles. The van der Waals surface area contributed by atoms with Crippen molar-refractivity contribution in [3.05, 3.63) is 29.5 Å². The molecule has 2 aromatic heterocycles. The molecule has 0 aromatic carbocycles. The molecule has 0 spiro atoms. The van der Waals surface area contributed by atoms with E-state index in [9.17, 15) is 8.42 Å². The lowest BCUT2D eigenvalue weighted by Gasteiger charge is -2.36. The third kappa shape index (κ3) is 2.56. The zero-order valence-corrected chi connectivity index (χ0v) is 13.7. The molecule has 0 saturated carbocycles. The van der Waals surface area contributed by atoms with Gasteiger partial charge in [-0.3, -0.25) is 4.40 Å². The summed E-state index contributed by atoms with van der Waals surface area (Å²) in [7, 11) is -3.65. The Kier molecular flexibility index (Phi) is 3.50. The smallest absolute Gasteiger partial charge is 0.262 e. The molecule has 5 nitrogen and oxygen atoms in total. The number of pyridine rings is 1. The second kappa shape index (κ2) is 4.97. The maximum absolute atomic E-state index is 13.0. The van der Waals surface area contributed by atoms with Crippen LogP contribution in [0, 0.1) is 5.41 Å². The first-order chi connectivity index (χ1) is 9.81. The van der Waals surface area contributed by atoms with Crippen LogP contribution >= 0.6 is 11.6 Å². The Labute approximate surface area is 129 Å². The van der Waals surface area contributed by atoms with Gasteiger partial charge in [-0.2, -0.15) is 4.31 Å². The summed E-state index contributed by atoms with van der Waals surface area (Å²) in [5, 5.41) is 0.0991. The van der Waals surface area contributed by atoms with Crippen LogP contribution in [0.1, 0.15) is 26.7 Å². The second-order valence-corrected chi connectivity index (χ2v) is 8.45. The molecule has 0 radical (unpaired) electrons. The van der Waals surface area contributed by atoms with E-state index < -0.39 is 10.0 Å². The van der Waals surface area contributed by atoms with Gasteiger partial charge in [0.05, 0.1) is 0 Å². The van der Waals surface area contributed by atoms with E-state index in [0.29, 0.717) is 18.7 Å². The number of nitrogens with zero attached hydrogens (tertiary/aromatic N) is 3. The van der Waals surface area contributed by atoms with Crippen LogP contribution in [0.4, 0.5) is 0 Å². The van der Waals surface area contributed by atoms with Crippen molar-refractivity contribution in [2.45, 2.75) is 31.7 Å². The number of fused-ring (bicyclic) bond motifs is 1. The molecule has 21 heavy (non-hydrogen) atoms. The normalized spacial score (nSPS) is 20.0. The molecule has 3 rings (SSSR count). The molecule has 1 aliphatic rings. The fraction of sp³-hybridized carbons (Fsp3) is 0.500. The van der Waals surface area contributed by atoms with Gasteiger partial charge in [0.15, 0.2) is 10.2 Å². The highest BCUT2D eigenvalue weighted by Crippen LogP contribution is 2.33. The zero-order chi connectivity index (χ0) is 15.3. The average molecular weight is 328 g/mol. The number of halogens is 1. The monoisotopic (exact) mass is 327 g/mol. The zero-order valence-electron chi connectivity index (χ0n) is 12.1. The van der Waals surface area contributed by atoms with Crippen LogP contribution in [0.3, 0.4) is 0 Å². The summed E-state index contributed by atoms with van der Waals surface area (Å²) in [5.74, 6) is 0. The highest BCUT2D eigenvalue weighted by Gasteiger charge is 2.37. The molecule has 1 fully saturated rings. The van der Waals surface area contributed by atoms with Crippen LogP contribution in [0.15, 0.2) is 29.4 Å². The number of sulfonamides is 1. The topological polar surface area (TPSA) is 54.7 Å². The molecular formula is C14H18ClN3O2S. The molecule has 2 aromatic rings. The number of piperidine rings is 1. The number of hydrogen-bond acceptors (Lipinski definition) is 3. The number of imidazole rings is 1. The minimum Gasteiger partial charge on any atom is -0.288 e. The van der Waals surface area contributed by atoms with Crippen molar-refractivity contribution >= 4 is 27.3 Å². The predicted molar refractivity (Wildman–Crippen MR) is 82.0 cm³/mol. The number of hydrogen-bond donors (Lipinski definition) is 0. The maximum atomic E-state index is 13.0. The van der Waals surface area contributed by atoms with Crippen molar-refractivity contribution in [2.24, 2.45) is 5.41 Å². The summed E-state index contributed by atoms with van der Waals surface area (Å²) in [6.45, 7) is 5.21. The average Bonchev–Trinajstić information content (AvgIpc) is 2.73. The standard InChI is InChI=1S/C14H18ClN3O2S/c1-14(2)7-5-8-17(10-14)21(19,20)13-12(15)16-11-6-3-4-9-18(11)13/h3-4,6,9H,5,7-8,10H2,1-2H3.